The predicted octanol–water partition coefficient (Wildman–Crippen LogP) is 3.87. The van der Waals surface area contributed by atoms with E-state index < -0.39 is 0 Å². The molecule has 2 aliphatic heterocycles. The monoisotopic (exact) mass is 405 g/mol. The molecule has 2 aliphatic rings. The van der Waals surface area contributed by atoms with Gasteiger partial charge in [-0.15, -0.1) is 10.2 Å². The molecular formula is C23H27N5O2. The highest BCUT2D eigenvalue weighted by Crippen LogP contribution is 2.33. The lowest BCUT2D eigenvalue weighted by atomic mass is 10.2. The molecule has 1 saturated heterocycles. The van der Waals surface area contributed by atoms with Gasteiger partial charge in [-0.25, -0.2) is 4.98 Å². The van der Waals surface area contributed by atoms with Gasteiger partial charge in [-0.05, 0) is 44.7 Å². The molecule has 1 atom stereocenters. The minimum absolute atomic E-state index is 0.0117. The number of oxazole rings is 1. The average Bonchev–Trinajstić information content (AvgIpc) is 3.44. The van der Waals surface area contributed by atoms with Gasteiger partial charge in [-0.2, -0.15) is 0 Å². The van der Waals surface area contributed by atoms with E-state index in [4.69, 9.17) is 4.42 Å². The summed E-state index contributed by atoms with van der Waals surface area (Å²) in [4.78, 5) is 19.8. The van der Waals surface area contributed by atoms with Gasteiger partial charge in [0.05, 0.1) is 18.2 Å². The topological polar surface area (TPSA) is 77.1 Å². The second kappa shape index (κ2) is 8.05. The van der Waals surface area contributed by atoms with Gasteiger partial charge < -0.3 is 13.9 Å². The summed E-state index contributed by atoms with van der Waals surface area (Å²) in [6.07, 6.45) is 6.71. The van der Waals surface area contributed by atoms with Crippen molar-refractivity contribution in [2.75, 3.05) is 6.54 Å². The second-order valence-corrected chi connectivity index (χ2v) is 8.25. The lowest BCUT2D eigenvalue weighted by molar-refractivity contribution is -0.131. The third kappa shape index (κ3) is 3.53. The maximum atomic E-state index is 13.2. The minimum atomic E-state index is 0.0117. The minimum Gasteiger partial charge on any atom is -0.441 e. The Labute approximate surface area is 176 Å². The van der Waals surface area contributed by atoms with Crippen LogP contribution < -0.4 is 0 Å². The van der Waals surface area contributed by atoms with E-state index in [0.29, 0.717) is 17.3 Å². The lowest BCUT2D eigenvalue weighted by Gasteiger charge is -2.24. The van der Waals surface area contributed by atoms with Crippen molar-refractivity contribution in [2.45, 2.75) is 64.5 Å². The number of carbonyl (C=O) groups excluding carboxylic acids is 1. The van der Waals surface area contributed by atoms with E-state index in [-0.39, 0.29) is 18.4 Å². The molecule has 0 bridgehead atoms. The quantitative estimate of drug-likeness (QED) is 0.658. The SMILES string of the molecule is Cc1oc(-c2ccccc2)nc1CC(=O)N1CCCC1c1nnc2n1CCCCC2. The molecule has 0 saturated carbocycles. The van der Waals surface area contributed by atoms with Crippen LogP contribution in [0.15, 0.2) is 34.7 Å². The highest BCUT2D eigenvalue weighted by Gasteiger charge is 2.35. The van der Waals surface area contributed by atoms with E-state index in [0.717, 1.165) is 56.0 Å². The zero-order valence-electron chi connectivity index (χ0n) is 17.4. The number of benzene rings is 1. The Balaban J connectivity index is 1.35. The number of aryl methyl sites for hydroxylation is 2. The molecule has 1 unspecified atom stereocenters. The number of hydrogen-bond acceptors (Lipinski definition) is 5. The van der Waals surface area contributed by atoms with E-state index in [1.165, 1.54) is 12.8 Å². The van der Waals surface area contributed by atoms with Crippen LogP contribution in [0, 0.1) is 6.92 Å². The lowest BCUT2D eigenvalue weighted by Crippen LogP contribution is -2.33. The van der Waals surface area contributed by atoms with Crippen LogP contribution in [0.2, 0.25) is 0 Å². The molecule has 30 heavy (non-hydrogen) atoms. The van der Waals surface area contributed by atoms with Gasteiger partial charge >= 0.3 is 0 Å². The number of rotatable bonds is 4. The van der Waals surface area contributed by atoms with Gasteiger partial charge in [0.25, 0.3) is 0 Å². The Morgan fingerprint density at radius 3 is 2.83 bits per heavy atom. The van der Waals surface area contributed by atoms with Crippen molar-refractivity contribution in [2.24, 2.45) is 0 Å². The summed E-state index contributed by atoms with van der Waals surface area (Å²) in [7, 11) is 0. The first-order valence-corrected chi connectivity index (χ1v) is 10.9. The van der Waals surface area contributed by atoms with E-state index in [1.54, 1.807) is 0 Å². The van der Waals surface area contributed by atoms with Crippen LogP contribution in [0.3, 0.4) is 0 Å². The van der Waals surface area contributed by atoms with Crippen LogP contribution in [-0.2, 0) is 24.2 Å². The highest BCUT2D eigenvalue weighted by molar-refractivity contribution is 5.79. The number of hydrogen-bond donors (Lipinski definition) is 0. The average molecular weight is 406 g/mol. The Morgan fingerprint density at radius 1 is 1.10 bits per heavy atom. The zero-order valence-corrected chi connectivity index (χ0v) is 17.4. The van der Waals surface area contributed by atoms with Gasteiger partial charge in [0.2, 0.25) is 11.8 Å². The molecule has 2 aromatic heterocycles. The third-order valence-electron chi connectivity index (χ3n) is 6.24. The van der Waals surface area contributed by atoms with E-state index in [2.05, 4.69) is 19.7 Å². The number of aromatic nitrogens is 4. The molecule has 1 amide bonds. The normalized spacial score (nSPS) is 19.0. The van der Waals surface area contributed by atoms with Crippen LogP contribution in [0.25, 0.3) is 11.5 Å². The summed E-state index contributed by atoms with van der Waals surface area (Å²) >= 11 is 0. The summed E-state index contributed by atoms with van der Waals surface area (Å²) in [5.41, 5.74) is 1.63. The molecule has 0 aliphatic carbocycles. The second-order valence-electron chi connectivity index (χ2n) is 8.25. The Hall–Kier alpha value is -2.96. The van der Waals surface area contributed by atoms with Crippen molar-refractivity contribution < 1.29 is 9.21 Å². The molecular weight excluding hydrogens is 378 g/mol. The molecule has 7 nitrogen and oxygen atoms in total. The highest BCUT2D eigenvalue weighted by atomic mass is 16.4. The van der Waals surface area contributed by atoms with Gasteiger partial charge in [-0.1, -0.05) is 24.6 Å². The molecule has 5 rings (SSSR count). The molecule has 0 spiro atoms. The first-order chi connectivity index (χ1) is 14.7. The van der Waals surface area contributed by atoms with Crippen molar-refractivity contribution in [3.63, 3.8) is 0 Å². The fourth-order valence-electron chi connectivity index (χ4n) is 4.63. The Morgan fingerprint density at radius 2 is 1.97 bits per heavy atom. The Bertz CT molecular complexity index is 1040. The maximum absolute atomic E-state index is 13.2. The summed E-state index contributed by atoms with van der Waals surface area (Å²) in [5, 5.41) is 8.95. The van der Waals surface area contributed by atoms with Crippen LogP contribution in [0.5, 0.6) is 0 Å². The first kappa shape index (κ1) is 19.0. The van der Waals surface area contributed by atoms with E-state index >= 15 is 0 Å². The van der Waals surface area contributed by atoms with Gasteiger partial charge in [0.15, 0.2) is 5.82 Å². The summed E-state index contributed by atoms with van der Waals surface area (Å²) in [5.74, 6) is 3.38. The van der Waals surface area contributed by atoms with Crippen molar-refractivity contribution in [3.8, 4) is 11.5 Å². The number of likely N-dealkylation sites (tertiary alicyclic amines) is 1. The molecule has 1 fully saturated rings. The van der Waals surface area contributed by atoms with Gasteiger partial charge in [-0.3, -0.25) is 4.79 Å². The maximum Gasteiger partial charge on any atom is 0.229 e. The predicted molar refractivity (Wildman–Crippen MR) is 112 cm³/mol. The number of carbonyl (C=O) groups is 1. The molecule has 7 heteroatoms. The van der Waals surface area contributed by atoms with Crippen LogP contribution in [-0.4, -0.2) is 37.1 Å². The number of fused-ring (bicyclic) bond motifs is 1. The van der Waals surface area contributed by atoms with Gasteiger partial charge in [0, 0.05) is 25.1 Å². The summed E-state index contributed by atoms with van der Waals surface area (Å²) < 4.78 is 8.11. The third-order valence-corrected chi connectivity index (χ3v) is 6.24. The van der Waals surface area contributed by atoms with Crippen LogP contribution in [0.1, 0.15) is 61.2 Å². The molecule has 156 valence electrons. The van der Waals surface area contributed by atoms with Crippen molar-refractivity contribution in [1.82, 2.24) is 24.6 Å². The number of nitrogens with zero attached hydrogens (tertiary/aromatic N) is 5. The molecule has 0 radical (unpaired) electrons. The largest absolute Gasteiger partial charge is 0.441 e. The number of amides is 1. The van der Waals surface area contributed by atoms with Crippen molar-refractivity contribution in [3.05, 3.63) is 53.4 Å². The summed E-state index contributed by atoms with van der Waals surface area (Å²) in [6, 6.07) is 9.81. The summed E-state index contributed by atoms with van der Waals surface area (Å²) in [6.45, 7) is 3.59. The smallest absolute Gasteiger partial charge is 0.229 e. The Kier molecular flexibility index (Phi) is 5.11. The fourth-order valence-corrected chi connectivity index (χ4v) is 4.63. The molecule has 4 heterocycles. The molecule has 0 N–H and O–H groups in total. The van der Waals surface area contributed by atoms with Crippen LogP contribution in [0.4, 0.5) is 0 Å². The standard InChI is InChI=1S/C23H27N5O2/c1-16-18(24-23(30-16)17-9-4-2-5-10-17)15-21(29)27-14-8-11-19(27)22-26-25-20-12-6-3-7-13-28(20)22/h2,4-5,9-10,19H,3,6-8,11-15H2,1H3. The van der Waals surface area contributed by atoms with Crippen molar-refractivity contribution >= 4 is 5.91 Å². The van der Waals surface area contributed by atoms with Gasteiger partial charge in [0.1, 0.15) is 11.6 Å². The first-order valence-electron chi connectivity index (χ1n) is 10.9. The molecule has 3 aromatic rings. The fraction of sp³-hybridized carbons (Fsp3) is 0.478. The van der Waals surface area contributed by atoms with E-state index in [9.17, 15) is 4.79 Å². The molecule has 1 aromatic carbocycles. The van der Waals surface area contributed by atoms with Crippen LogP contribution >= 0.6 is 0 Å². The van der Waals surface area contributed by atoms with Crippen molar-refractivity contribution in [1.29, 1.82) is 0 Å². The van der Waals surface area contributed by atoms with E-state index in [1.807, 2.05) is 42.2 Å². The zero-order chi connectivity index (χ0) is 20.5.